The van der Waals surface area contributed by atoms with Gasteiger partial charge in [-0.2, -0.15) is 0 Å². The average Bonchev–Trinajstić information content (AvgIpc) is 3.21. The fourth-order valence-electron chi connectivity index (χ4n) is 2.89. The van der Waals surface area contributed by atoms with Crippen molar-refractivity contribution >= 4 is 24.2 Å². The molecule has 0 unspecified atom stereocenters. The number of piperidine rings is 1. The molecule has 6 nitrogen and oxygen atoms in total. The van der Waals surface area contributed by atoms with Crippen LogP contribution in [0.4, 0.5) is 0 Å². The van der Waals surface area contributed by atoms with Gasteiger partial charge >= 0.3 is 0 Å². The summed E-state index contributed by atoms with van der Waals surface area (Å²) in [7, 11) is 0. The SMILES string of the molecule is C=CCn1c(SCc2cc(C(C)C)no2)nnc1C1CCNCC1.Cl. The molecule has 2 aromatic heterocycles. The number of thioether (sulfide) groups is 1. The summed E-state index contributed by atoms with van der Waals surface area (Å²) in [6, 6.07) is 2.03. The maximum Gasteiger partial charge on any atom is 0.191 e. The Labute approximate surface area is 159 Å². The predicted molar refractivity (Wildman–Crippen MR) is 102 cm³/mol. The van der Waals surface area contributed by atoms with E-state index in [-0.39, 0.29) is 12.4 Å². The van der Waals surface area contributed by atoms with Gasteiger partial charge in [-0.15, -0.1) is 29.2 Å². The van der Waals surface area contributed by atoms with Gasteiger partial charge in [0, 0.05) is 18.5 Å². The first-order valence-corrected chi connectivity index (χ1v) is 9.50. The lowest BCUT2D eigenvalue weighted by Gasteiger charge is -2.22. The van der Waals surface area contributed by atoms with E-state index in [1.807, 2.05) is 12.1 Å². The van der Waals surface area contributed by atoms with Crippen molar-refractivity contribution in [3.05, 3.63) is 36.0 Å². The molecule has 0 amide bonds. The minimum absolute atomic E-state index is 0. The van der Waals surface area contributed by atoms with Crippen LogP contribution in [-0.4, -0.2) is 33.0 Å². The first-order valence-electron chi connectivity index (χ1n) is 8.52. The van der Waals surface area contributed by atoms with E-state index in [1.165, 1.54) is 0 Å². The molecule has 138 valence electrons. The van der Waals surface area contributed by atoms with Crippen molar-refractivity contribution in [3.8, 4) is 0 Å². The molecule has 25 heavy (non-hydrogen) atoms. The number of hydrogen-bond acceptors (Lipinski definition) is 6. The largest absolute Gasteiger partial charge is 0.360 e. The van der Waals surface area contributed by atoms with Crippen molar-refractivity contribution in [2.24, 2.45) is 0 Å². The quantitative estimate of drug-likeness (QED) is 0.580. The average molecular weight is 384 g/mol. The highest BCUT2D eigenvalue weighted by Gasteiger charge is 2.23. The molecule has 3 rings (SSSR count). The van der Waals surface area contributed by atoms with Crippen LogP contribution in [0.5, 0.6) is 0 Å². The third-order valence-corrected chi connectivity index (χ3v) is 5.26. The van der Waals surface area contributed by atoms with E-state index in [9.17, 15) is 0 Å². The van der Waals surface area contributed by atoms with E-state index in [0.29, 0.717) is 17.6 Å². The standard InChI is InChI=1S/C17H25N5OS.ClH/c1-4-9-22-16(13-5-7-18-8-6-13)19-20-17(22)24-11-14-10-15(12(2)3)21-23-14;/h4,10,12-13,18H,1,5-9,11H2,2-3H3;1H. The predicted octanol–water partition coefficient (Wildman–Crippen LogP) is 3.76. The molecule has 3 heterocycles. The Morgan fingerprint density at radius 3 is 2.80 bits per heavy atom. The second-order valence-electron chi connectivity index (χ2n) is 6.43. The van der Waals surface area contributed by atoms with E-state index in [1.54, 1.807) is 11.8 Å². The fourth-order valence-corrected chi connectivity index (χ4v) is 3.72. The highest BCUT2D eigenvalue weighted by Crippen LogP contribution is 2.29. The smallest absolute Gasteiger partial charge is 0.191 e. The fraction of sp³-hybridized carbons (Fsp3) is 0.588. The van der Waals surface area contributed by atoms with Gasteiger partial charge < -0.3 is 14.4 Å². The van der Waals surface area contributed by atoms with Gasteiger partial charge in [-0.25, -0.2) is 0 Å². The third-order valence-electron chi connectivity index (χ3n) is 4.27. The normalized spacial score (nSPS) is 15.3. The van der Waals surface area contributed by atoms with Crippen molar-refractivity contribution in [2.75, 3.05) is 13.1 Å². The molecule has 0 aliphatic carbocycles. The van der Waals surface area contributed by atoms with Crippen LogP contribution in [0.1, 0.15) is 55.8 Å². The molecule has 1 aliphatic rings. The monoisotopic (exact) mass is 383 g/mol. The van der Waals surface area contributed by atoms with Crippen molar-refractivity contribution in [1.29, 1.82) is 0 Å². The molecule has 1 N–H and O–H groups in total. The summed E-state index contributed by atoms with van der Waals surface area (Å²) < 4.78 is 7.60. The Balaban J connectivity index is 0.00000225. The molecular formula is C17H26ClN5OS. The van der Waals surface area contributed by atoms with Crippen molar-refractivity contribution in [3.63, 3.8) is 0 Å². The number of rotatable bonds is 7. The summed E-state index contributed by atoms with van der Waals surface area (Å²) >= 11 is 1.64. The molecule has 0 saturated carbocycles. The van der Waals surface area contributed by atoms with Crippen molar-refractivity contribution in [1.82, 2.24) is 25.2 Å². The molecule has 0 bridgehead atoms. The van der Waals surface area contributed by atoms with Crippen molar-refractivity contribution < 1.29 is 4.52 Å². The first kappa shape index (κ1) is 20.0. The highest BCUT2D eigenvalue weighted by molar-refractivity contribution is 7.98. The lowest BCUT2D eigenvalue weighted by Crippen LogP contribution is -2.28. The summed E-state index contributed by atoms with van der Waals surface area (Å²) in [5.41, 5.74) is 0.994. The Morgan fingerprint density at radius 1 is 1.40 bits per heavy atom. The first-order chi connectivity index (χ1) is 11.7. The van der Waals surface area contributed by atoms with Crippen LogP contribution in [0.2, 0.25) is 0 Å². The van der Waals surface area contributed by atoms with Crippen LogP contribution in [0, 0.1) is 0 Å². The lowest BCUT2D eigenvalue weighted by molar-refractivity contribution is 0.385. The van der Waals surface area contributed by atoms with Crippen LogP contribution in [0.25, 0.3) is 0 Å². The van der Waals surface area contributed by atoms with Gasteiger partial charge in [0.1, 0.15) is 11.6 Å². The van der Waals surface area contributed by atoms with Crippen molar-refractivity contribution in [2.45, 2.75) is 56.0 Å². The molecule has 1 aliphatic heterocycles. The Kier molecular flexibility index (Phi) is 7.53. The molecule has 1 saturated heterocycles. The van der Waals surface area contributed by atoms with E-state index in [4.69, 9.17) is 4.52 Å². The van der Waals surface area contributed by atoms with Crippen LogP contribution < -0.4 is 5.32 Å². The summed E-state index contributed by atoms with van der Waals surface area (Å²) in [4.78, 5) is 0. The minimum atomic E-state index is 0. The summed E-state index contributed by atoms with van der Waals surface area (Å²) in [6.45, 7) is 10.9. The summed E-state index contributed by atoms with van der Waals surface area (Å²) in [5, 5.41) is 17.3. The molecule has 2 aromatic rings. The topological polar surface area (TPSA) is 68.8 Å². The second kappa shape index (κ2) is 9.40. The summed E-state index contributed by atoms with van der Waals surface area (Å²) in [5.74, 6) is 3.52. The number of nitrogens with one attached hydrogen (secondary N) is 1. The highest BCUT2D eigenvalue weighted by atomic mass is 35.5. The number of hydrogen-bond donors (Lipinski definition) is 1. The third kappa shape index (κ3) is 4.86. The van der Waals surface area contributed by atoms with Gasteiger partial charge in [0.25, 0.3) is 0 Å². The van der Waals surface area contributed by atoms with Crippen LogP contribution in [0.3, 0.4) is 0 Å². The second-order valence-corrected chi connectivity index (χ2v) is 7.37. The summed E-state index contributed by atoms with van der Waals surface area (Å²) in [6.07, 6.45) is 4.13. The molecule has 1 fully saturated rings. The molecular weight excluding hydrogens is 358 g/mol. The minimum Gasteiger partial charge on any atom is -0.360 e. The Hall–Kier alpha value is -1.31. The van der Waals surface area contributed by atoms with Crippen LogP contribution in [-0.2, 0) is 12.3 Å². The molecule has 0 radical (unpaired) electrons. The maximum atomic E-state index is 5.41. The maximum absolute atomic E-state index is 5.41. The molecule has 8 heteroatoms. The zero-order valence-corrected chi connectivity index (χ0v) is 16.4. The van der Waals surface area contributed by atoms with E-state index < -0.39 is 0 Å². The Morgan fingerprint density at radius 2 is 2.16 bits per heavy atom. The van der Waals surface area contributed by atoms with Gasteiger partial charge in [-0.3, -0.25) is 0 Å². The van der Waals surface area contributed by atoms with Gasteiger partial charge in [-0.05, 0) is 31.8 Å². The van der Waals surface area contributed by atoms with Gasteiger partial charge in [0.2, 0.25) is 0 Å². The van der Waals surface area contributed by atoms with Gasteiger partial charge in [0.05, 0.1) is 11.4 Å². The van der Waals surface area contributed by atoms with Crippen LogP contribution in [0.15, 0.2) is 28.4 Å². The Bertz CT molecular complexity index is 678. The molecule has 0 atom stereocenters. The van der Waals surface area contributed by atoms with Gasteiger partial charge in [0.15, 0.2) is 5.16 Å². The number of halogens is 1. The number of aromatic nitrogens is 4. The lowest BCUT2D eigenvalue weighted by atomic mass is 9.97. The molecule has 0 aromatic carbocycles. The molecule has 0 spiro atoms. The number of nitrogens with zero attached hydrogens (tertiary/aromatic N) is 4. The van der Waals surface area contributed by atoms with Crippen LogP contribution >= 0.6 is 24.2 Å². The van der Waals surface area contributed by atoms with E-state index in [2.05, 4.69) is 45.7 Å². The number of allylic oxidation sites excluding steroid dienone is 1. The van der Waals surface area contributed by atoms with E-state index in [0.717, 1.165) is 54.9 Å². The van der Waals surface area contributed by atoms with E-state index >= 15 is 0 Å². The zero-order chi connectivity index (χ0) is 16.9. The van der Waals surface area contributed by atoms with Gasteiger partial charge in [-0.1, -0.05) is 36.8 Å². The zero-order valence-electron chi connectivity index (χ0n) is 14.8.